The molecule has 0 unspecified atom stereocenters. The molecule has 1 aromatic carbocycles. The lowest BCUT2D eigenvalue weighted by Crippen LogP contribution is -2.47. The first-order valence-electron chi connectivity index (χ1n) is 11.1. The van der Waals surface area contributed by atoms with Crippen molar-refractivity contribution in [3.63, 3.8) is 0 Å². The number of ether oxygens (including phenoxy) is 1. The summed E-state index contributed by atoms with van der Waals surface area (Å²) in [6.07, 6.45) is 4.07. The molecule has 2 aliphatic rings. The molecule has 2 aromatic heterocycles. The Bertz CT molecular complexity index is 1130. The number of hydrogen-bond acceptors (Lipinski definition) is 5. The molecule has 1 atom stereocenters. The van der Waals surface area contributed by atoms with Gasteiger partial charge in [-0.15, -0.1) is 11.3 Å². The van der Waals surface area contributed by atoms with Crippen LogP contribution in [0, 0.1) is 11.7 Å². The number of amides is 2. The van der Waals surface area contributed by atoms with Crippen LogP contribution < -0.4 is 4.74 Å². The standard InChI is InChI=1S/C25H25FN2O4S/c26-18-3-1-4-19(13-18)32-16-22-21-9-12-33-23(21)8-10-28(22)24(29)15-27(25(30)17-6-7-17)14-20-5-2-11-31-20/h1-5,9,11-13,17,22H,6-8,10,14-16H2/t22-/m1/s1. The average Bonchev–Trinajstić information content (AvgIpc) is 3.32. The summed E-state index contributed by atoms with van der Waals surface area (Å²) in [5.41, 5.74) is 1.06. The lowest BCUT2D eigenvalue weighted by molar-refractivity contribution is -0.144. The number of halogens is 1. The van der Waals surface area contributed by atoms with Gasteiger partial charge in [-0.3, -0.25) is 9.59 Å². The second-order valence-corrected chi connectivity index (χ2v) is 9.47. The van der Waals surface area contributed by atoms with Crippen LogP contribution in [0.1, 0.15) is 35.1 Å². The number of rotatable bonds is 8. The fourth-order valence-corrected chi connectivity index (χ4v) is 5.18. The van der Waals surface area contributed by atoms with Gasteiger partial charge in [-0.25, -0.2) is 4.39 Å². The van der Waals surface area contributed by atoms with Crippen LogP contribution in [-0.2, 0) is 22.6 Å². The highest BCUT2D eigenvalue weighted by Gasteiger charge is 2.37. The lowest BCUT2D eigenvalue weighted by Gasteiger charge is -2.37. The molecule has 8 heteroatoms. The zero-order chi connectivity index (χ0) is 22.8. The average molecular weight is 469 g/mol. The minimum atomic E-state index is -0.368. The number of fused-ring (bicyclic) bond motifs is 1. The second kappa shape index (κ2) is 9.39. The highest BCUT2D eigenvalue weighted by atomic mass is 32.1. The van der Waals surface area contributed by atoms with Crippen LogP contribution in [0.25, 0.3) is 0 Å². The summed E-state index contributed by atoms with van der Waals surface area (Å²) < 4.78 is 24.9. The maximum absolute atomic E-state index is 13.6. The van der Waals surface area contributed by atoms with Gasteiger partial charge in [0.1, 0.15) is 30.5 Å². The van der Waals surface area contributed by atoms with Crippen LogP contribution in [0.4, 0.5) is 4.39 Å². The fourth-order valence-electron chi connectivity index (χ4n) is 4.25. The highest BCUT2D eigenvalue weighted by Crippen LogP contribution is 2.35. The van der Waals surface area contributed by atoms with Gasteiger partial charge in [-0.2, -0.15) is 0 Å². The van der Waals surface area contributed by atoms with E-state index in [0.717, 1.165) is 24.8 Å². The number of carbonyl (C=O) groups is 2. The number of nitrogens with zero attached hydrogens (tertiary/aromatic N) is 2. The molecule has 0 spiro atoms. The Morgan fingerprint density at radius 1 is 1.21 bits per heavy atom. The van der Waals surface area contributed by atoms with Crippen molar-refractivity contribution in [1.82, 2.24) is 9.80 Å². The Morgan fingerprint density at radius 3 is 2.85 bits per heavy atom. The molecule has 1 aliphatic heterocycles. The topological polar surface area (TPSA) is 63.0 Å². The Hall–Kier alpha value is -3.13. The summed E-state index contributed by atoms with van der Waals surface area (Å²) >= 11 is 1.67. The van der Waals surface area contributed by atoms with E-state index in [1.807, 2.05) is 17.5 Å². The minimum absolute atomic E-state index is 0.000502. The van der Waals surface area contributed by atoms with Gasteiger partial charge in [-0.1, -0.05) is 6.07 Å². The van der Waals surface area contributed by atoms with Crippen molar-refractivity contribution in [3.8, 4) is 5.75 Å². The van der Waals surface area contributed by atoms with Crippen molar-refractivity contribution in [2.45, 2.75) is 31.8 Å². The van der Waals surface area contributed by atoms with Gasteiger partial charge in [0, 0.05) is 23.4 Å². The van der Waals surface area contributed by atoms with Crippen LogP contribution in [-0.4, -0.2) is 41.3 Å². The number of carbonyl (C=O) groups excluding carboxylic acids is 2. The molecule has 0 radical (unpaired) electrons. The molecule has 1 saturated carbocycles. The lowest BCUT2D eigenvalue weighted by atomic mass is 10.0. The number of hydrogen-bond donors (Lipinski definition) is 0. The summed E-state index contributed by atoms with van der Waals surface area (Å²) in [4.78, 5) is 31.0. The van der Waals surface area contributed by atoms with Gasteiger partial charge in [0.05, 0.1) is 18.8 Å². The predicted octanol–water partition coefficient (Wildman–Crippen LogP) is 4.42. The van der Waals surface area contributed by atoms with Crippen LogP contribution in [0.15, 0.2) is 58.5 Å². The van der Waals surface area contributed by atoms with Crippen LogP contribution in [0.2, 0.25) is 0 Å². The number of benzene rings is 1. The molecule has 0 N–H and O–H groups in total. The van der Waals surface area contributed by atoms with Crippen molar-refractivity contribution in [2.75, 3.05) is 19.7 Å². The zero-order valence-electron chi connectivity index (χ0n) is 18.1. The van der Waals surface area contributed by atoms with Crippen molar-refractivity contribution in [1.29, 1.82) is 0 Å². The fraction of sp³-hybridized carbons (Fsp3) is 0.360. The van der Waals surface area contributed by atoms with E-state index in [4.69, 9.17) is 9.15 Å². The molecule has 3 heterocycles. The first-order valence-corrected chi connectivity index (χ1v) is 12.0. The Morgan fingerprint density at radius 2 is 2.09 bits per heavy atom. The van der Waals surface area contributed by atoms with Gasteiger partial charge < -0.3 is 19.0 Å². The molecule has 2 amide bonds. The first kappa shape index (κ1) is 21.7. The Kier molecular flexibility index (Phi) is 6.17. The van der Waals surface area contributed by atoms with Crippen molar-refractivity contribution in [3.05, 3.63) is 76.1 Å². The Labute approximate surface area is 195 Å². The smallest absolute Gasteiger partial charge is 0.242 e. The third kappa shape index (κ3) is 4.95. The molecule has 6 nitrogen and oxygen atoms in total. The quantitative estimate of drug-likeness (QED) is 0.491. The largest absolute Gasteiger partial charge is 0.491 e. The second-order valence-electron chi connectivity index (χ2n) is 8.47. The molecule has 0 saturated heterocycles. The van der Waals surface area contributed by atoms with E-state index in [2.05, 4.69) is 0 Å². The van der Waals surface area contributed by atoms with Crippen molar-refractivity contribution < 1.29 is 23.1 Å². The molecule has 5 rings (SSSR count). The third-order valence-corrected chi connectivity index (χ3v) is 7.11. The van der Waals surface area contributed by atoms with Gasteiger partial charge in [0.2, 0.25) is 11.8 Å². The third-order valence-electron chi connectivity index (χ3n) is 6.11. The molecule has 172 valence electrons. The summed E-state index contributed by atoms with van der Waals surface area (Å²) in [6, 6.07) is 11.3. The molecule has 3 aromatic rings. The van der Waals surface area contributed by atoms with Gasteiger partial charge >= 0.3 is 0 Å². The van der Waals surface area contributed by atoms with E-state index in [9.17, 15) is 14.0 Å². The van der Waals surface area contributed by atoms with Crippen molar-refractivity contribution >= 4 is 23.2 Å². The normalized spacial score (nSPS) is 17.5. The minimum Gasteiger partial charge on any atom is -0.491 e. The number of furan rings is 1. The van der Waals surface area contributed by atoms with Gasteiger partial charge in [0.25, 0.3) is 0 Å². The Balaban J connectivity index is 1.33. The molecule has 1 aliphatic carbocycles. The predicted molar refractivity (Wildman–Crippen MR) is 121 cm³/mol. The SMILES string of the molecule is O=C(C1CC1)N(CC(=O)N1CCc2sccc2[C@H]1COc1cccc(F)c1)Cc1ccco1. The van der Waals surface area contributed by atoms with E-state index in [0.29, 0.717) is 18.1 Å². The molecular formula is C25H25FN2O4S. The highest BCUT2D eigenvalue weighted by molar-refractivity contribution is 7.10. The summed E-state index contributed by atoms with van der Waals surface area (Å²) in [5.74, 6) is 0.590. The molecular weight excluding hydrogens is 443 g/mol. The monoisotopic (exact) mass is 468 g/mol. The first-order chi connectivity index (χ1) is 16.1. The van der Waals surface area contributed by atoms with Crippen LogP contribution in [0.3, 0.4) is 0 Å². The maximum Gasteiger partial charge on any atom is 0.242 e. The summed E-state index contributed by atoms with van der Waals surface area (Å²) in [5, 5.41) is 2.02. The molecule has 0 bridgehead atoms. The van der Waals surface area contributed by atoms with Crippen molar-refractivity contribution in [2.24, 2.45) is 5.92 Å². The van der Waals surface area contributed by atoms with Gasteiger partial charge in [0.15, 0.2) is 0 Å². The van der Waals surface area contributed by atoms with Gasteiger partial charge in [-0.05, 0) is 60.5 Å². The maximum atomic E-state index is 13.6. The van der Waals surface area contributed by atoms with E-state index in [1.165, 1.54) is 17.0 Å². The summed E-state index contributed by atoms with van der Waals surface area (Å²) in [6.45, 7) is 1.03. The van der Waals surface area contributed by atoms with E-state index >= 15 is 0 Å². The van der Waals surface area contributed by atoms with E-state index < -0.39 is 0 Å². The van der Waals surface area contributed by atoms with Crippen LogP contribution >= 0.6 is 11.3 Å². The van der Waals surface area contributed by atoms with Crippen LogP contribution in [0.5, 0.6) is 5.75 Å². The zero-order valence-corrected chi connectivity index (χ0v) is 18.9. The van der Waals surface area contributed by atoms with E-state index in [-0.39, 0.29) is 49.3 Å². The number of thiophene rings is 1. The molecule has 1 fully saturated rings. The molecule has 33 heavy (non-hydrogen) atoms. The van der Waals surface area contributed by atoms with E-state index in [1.54, 1.807) is 45.6 Å². The summed E-state index contributed by atoms with van der Waals surface area (Å²) in [7, 11) is 0.